The van der Waals surface area contributed by atoms with Crippen molar-refractivity contribution in [1.29, 1.82) is 0 Å². The number of urea groups is 1. The molecule has 22 nitrogen and oxygen atoms in total. The maximum atomic E-state index is 13.5. The van der Waals surface area contributed by atoms with Gasteiger partial charge >= 0.3 is 6.03 Å². The molecule has 4 aliphatic rings. The third kappa shape index (κ3) is 11.9. The fourth-order valence-electron chi connectivity index (χ4n) is 9.63. The summed E-state index contributed by atoms with van der Waals surface area (Å²) in [5.74, 6) is 2.43. The van der Waals surface area contributed by atoms with Gasteiger partial charge in [-0.3, -0.25) is 14.5 Å². The van der Waals surface area contributed by atoms with Crippen molar-refractivity contribution >= 4 is 52.8 Å². The number of hydrogen-bond donors (Lipinski definition) is 4. The van der Waals surface area contributed by atoms with Crippen LogP contribution in [0, 0.1) is 6.92 Å². The van der Waals surface area contributed by atoms with Crippen molar-refractivity contribution in [2.45, 2.75) is 39.0 Å². The monoisotopic (exact) mass is 1040 g/mol. The largest absolute Gasteiger partial charge is 0.479 e. The van der Waals surface area contributed by atoms with Gasteiger partial charge in [0.15, 0.2) is 17.3 Å². The Bertz CT molecular complexity index is 2980. The Hall–Kier alpha value is -8.08. The molecule has 6 heterocycles. The topological polar surface area (TPSA) is 236 Å². The van der Waals surface area contributed by atoms with E-state index in [2.05, 4.69) is 71.9 Å². The highest BCUT2D eigenvalue weighted by atomic mass is 16.6. The highest BCUT2D eigenvalue weighted by molar-refractivity contribution is 6.04. The van der Waals surface area contributed by atoms with Gasteiger partial charge in [-0.05, 0) is 103 Å². The van der Waals surface area contributed by atoms with Crippen LogP contribution < -0.4 is 45.3 Å². The highest BCUT2D eigenvalue weighted by Crippen LogP contribution is 2.42. The van der Waals surface area contributed by atoms with E-state index in [9.17, 15) is 14.4 Å². The van der Waals surface area contributed by atoms with E-state index in [0.29, 0.717) is 132 Å². The summed E-state index contributed by atoms with van der Waals surface area (Å²) >= 11 is 0. The normalized spacial score (nSPS) is 16.4. The van der Waals surface area contributed by atoms with Crippen LogP contribution in [0.4, 0.5) is 39.7 Å². The van der Waals surface area contributed by atoms with E-state index in [1.54, 1.807) is 42.5 Å². The van der Waals surface area contributed by atoms with E-state index in [1.165, 1.54) is 31.4 Å². The summed E-state index contributed by atoms with van der Waals surface area (Å²) in [6.07, 6.45) is 2.12. The van der Waals surface area contributed by atoms with Crippen molar-refractivity contribution in [2.75, 3.05) is 137 Å². The van der Waals surface area contributed by atoms with Crippen molar-refractivity contribution < 1.29 is 42.5 Å². The summed E-state index contributed by atoms with van der Waals surface area (Å²) < 4.78 is 34.1. The van der Waals surface area contributed by atoms with Gasteiger partial charge < -0.3 is 64.1 Å². The third-order valence-electron chi connectivity index (χ3n) is 14.0. The average molecular weight is 1040 g/mol. The number of aromatic nitrogens is 5. The molecular formula is C54H63N13O9. The molecule has 3 aromatic carbocycles. The lowest BCUT2D eigenvalue weighted by molar-refractivity contribution is 0.0642. The van der Waals surface area contributed by atoms with Crippen molar-refractivity contribution in [1.82, 2.24) is 34.7 Å². The molecule has 1 aliphatic carbocycles. The number of methoxy groups -OCH3 is 2. The van der Waals surface area contributed by atoms with Crippen molar-refractivity contribution in [3.63, 3.8) is 0 Å². The molecule has 4 amide bonds. The van der Waals surface area contributed by atoms with Gasteiger partial charge in [0.2, 0.25) is 29.6 Å². The molecule has 4 N–H and O–H groups in total. The number of furan rings is 1. The molecule has 0 bridgehead atoms. The fraction of sp³-hybridized carbons (Fsp3) is 0.407. The van der Waals surface area contributed by atoms with Gasteiger partial charge in [0.25, 0.3) is 17.8 Å². The summed E-state index contributed by atoms with van der Waals surface area (Å²) in [5.41, 5.74) is 6.22. The van der Waals surface area contributed by atoms with E-state index in [0.717, 1.165) is 24.0 Å². The Kier molecular flexibility index (Phi) is 15.4. The van der Waals surface area contributed by atoms with E-state index < -0.39 is 11.9 Å². The molecule has 3 fully saturated rings. The van der Waals surface area contributed by atoms with E-state index in [1.807, 2.05) is 24.0 Å². The number of morpholine rings is 2. The molecule has 0 spiro atoms. The number of nitrogens with one attached hydrogen (secondary N) is 4. The minimum atomic E-state index is -0.565. The number of fused-ring (bicyclic) bond motifs is 1. The smallest absolute Gasteiger partial charge is 0.323 e. The van der Waals surface area contributed by atoms with E-state index >= 15 is 0 Å². The van der Waals surface area contributed by atoms with Crippen LogP contribution in [0.25, 0.3) is 11.4 Å². The number of hydrogen-bond acceptors (Lipinski definition) is 18. The first-order chi connectivity index (χ1) is 36.9. The van der Waals surface area contributed by atoms with Crippen molar-refractivity contribution in [2.24, 2.45) is 0 Å². The number of ether oxygens (including phenoxy) is 5. The second kappa shape index (κ2) is 22.8. The molecule has 22 heteroatoms. The number of benzene rings is 3. The Labute approximate surface area is 440 Å². The van der Waals surface area contributed by atoms with Crippen LogP contribution in [0.15, 0.2) is 77.2 Å². The molecule has 0 saturated carbocycles. The summed E-state index contributed by atoms with van der Waals surface area (Å²) in [6, 6.07) is 21.2. The summed E-state index contributed by atoms with van der Waals surface area (Å²) in [6.45, 7) is 15.2. The van der Waals surface area contributed by atoms with Crippen LogP contribution in [-0.2, 0) is 21.3 Å². The first-order valence-electron chi connectivity index (χ1n) is 25.6. The van der Waals surface area contributed by atoms with Gasteiger partial charge in [0, 0.05) is 94.0 Å². The zero-order valence-corrected chi connectivity index (χ0v) is 43.4. The van der Waals surface area contributed by atoms with Gasteiger partial charge in [-0.25, -0.2) is 4.79 Å². The van der Waals surface area contributed by atoms with Gasteiger partial charge in [0.05, 0.1) is 40.6 Å². The first-order valence-corrected chi connectivity index (χ1v) is 25.6. The van der Waals surface area contributed by atoms with Crippen LogP contribution in [0.3, 0.4) is 0 Å². The number of anilines is 6. The Morgan fingerprint density at radius 3 is 1.91 bits per heavy atom. The molecule has 10 rings (SSSR count). The van der Waals surface area contributed by atoms with Crippen molar-refractivity contribution in [3.05, 3.63) is 101 Å². The Morgan fingerprint density at radius 1 is 0.697 bits per heavy atom. The fourth-order valence-corrected chi connectivity index (χ4v) is 9.63. The zero-order chi connectivity index (χ0) is 52.8. The lowest BCUT2D eigenvalue weighted by atomic mass is 9.86. The van der Waals surface area contributed by atoms with Crippen LogP contribution in [0.5, 0.6) is 23.5 Å². The van der Waals surface area contributed by atoms with Gasteiger partial charge in [0.1, 0.15) is 5.75 Å². The maximum Gasteiger partial charge on any atom is 0.323 e. The van der Waals surface area contributed by atoms with Crippen LogP contribution in [0.1, 0.15) is 57.9 Å². The number of amides is 4. The molecule has 0 radical (unpaired) electrons. The predicted octanol–water partition coefficient (Wildman–Crippen LogP) is 6.70. The number of rotatable bonds is 16. The zero-order valence-electron chi connectivity index (χ0n) is 43.4. The standard InChI is InChI=1S/C54H63N13O9/c1-34-32-37-16-17-54(2,3)40(37)33-42(34)76-43-15-14-41(75-43)46(68)58-44-47(71-4)61-50(62-48(44)72-5)55-18-19-64-20-22-65(23-21-64)49(69)36-8-12-39(13-9-36)57-53(70)56-38-10-6-35(7-11-38)45-59-51(66-24-28-73-29-25-66)63-52(60-45)67-26-30-74-31-27-67/h6-15,32-33H,16-31H2,1-5H3,(H,58,68)(H,55,61,62)(H2,56,57,70). The molecular weight excluding hydrogens is 975 g/mol. The third-order valence-corrected chi connectivity index (χ3v) is 14.0. The molecule has 6 aromatic rings. The predicted molar refractivity (Wildman–Crippen MR) is 286 cm³/mol. The van der Waals surface area contributed by atoms with Gasteiger partial charge in [-0.1, -0.05) is 19.9 Å². The SMILES string of the molecule is COc1nc(NCCN2CCN(C(=O)c3ccc(NC(=O)Nc4ccc(-c5nc(N6CCOCC6)nc(N6CCOCC6)n5)cc4)cc3)CC2)nc(OC)c1NC(=O)c1ccc(Oc2cc3c(cc2C)CCC3(C)C)o1. The number of aryl methyl sites for hydroxylation is 2. The Balaban J connectivity index is 0.670. The number of piperazine rings is 1. The highest BCUT2D eigenvalue weighted by Gasteiger charge is 2.31. The van der Waals surface area contributed by atoms with Crippen LogP contribution in [-0.4, -0.2) is 159 Å². The second-order valence-electron chi connectivity index (χ2n) is 19.5. The van der Waals surface area contributed by atoms with Crippen LogP contribution >= 0.6 is 0 Å². The molecule has 3 aliphatic heterocycles. The van der Waals surface area contributed by atoms with Gasteiger partial charge in [-0.15, -0.1) is 0 Å². The van der Waals surface area contributed by atoms with Gasteiger partial charge in [-0.2, -0.15) is 24.9 Å². The molecule has 3 saturated heterocycles. The number of carbonyl (C=O) groups excluding carboxylic acids is 3. The number of nitrogens with zero attached hydrogens (tertiary/aromatic N) is 9. The summed E-state index contributed by atoms with van der Waals surface area (Å²) in [7, 11) is 2.88. The molecule has 0 unspecified atom stereocenters. The van der Waals surface area contributed by atoms with E-state index in [4.69, 9.17) is 43.1 Å². The lowest BCUT2D eigenvalue weighted by Gasteiger charge is -2.34. The Morgan fingerprint density at radius 2 is 1.30 bits per heavy atom. The molecule has 398 valence electrons. The maximum absolute atomic E-state index is 13.5. The summed E-state index contributed by atoms with van der Waals surface area (Å²) in [5, 5.41) is 11.7. The van der Waals surface area contributed by atoms with Crippen molar-refractivity contribution in [3.8, 4) is 34.8 Å². The number of carbonyl (C=O) groups is 3. The molecule has 3 aromatic heterocycles. The quantitative estimate of drug-likeness (QED) is 0.0789. The van der Waals surface area contributed by atoms with Crippen LogP contribution in [0.2, 0.25) is 0 Å². The first kappa shape index (κ1) is 51.4. The second-order valence-corrected chi connectivity index (χ2v) is 19.5. The minimum Gasteiger partial charge on any atom is -0.479 e. The lowest BCUT2D eigenvalue weighted by Crippen LogP contribution is -2.49. The van der Waals surface area contributed by atoms with E-state index in [-0.39, 0.29) is 46.4 Å². The molecule has 0 atom stereocenters. The minimum absolute atomic E-state index is 0.0188. The summed E-state index contributed by atoms with van der Waals surface area (Å²) in [4.78, 5) is 71.7. The average Bonchev–Trinajstić information content (AvgIpc) is 4.05. The molecule has 76 heavy (non-hydrogen) atoms.